The second-order valence-corrected chi connectivity index (χ2v) is 4.98. The van der Waals surface area contributed by atoms with Gasteiger partial charge in [-0.1, -0.05) is 0 Å². The lowest BCUT2D eigenvalue weighted by molar-refractivity contribution is -0.0568. The van der Waals surface area contributed by atoms with Crippen LogP contribution in [0.1, 0.15) is 16.7 Å². The number of nitrogens with two attached hydrogens (primary N) is 1. The summed E-state index contributed by atoms with van der Waals surface area (Å²) >= 11 is 0. The molecular weight excluding hydrogens is 314 g/mol. The van der Waals surface area contributed by atoms with E-state index in [1.165, 1.54) is 0 Å². The molecule has 23 heavy (non-hydrogen) atoms. The van der Waals surface area contributed by atoms with Gasteiger partial charge < -0.3 is 30.9 Å². The largest absolute Gasteiger partial charge is 0.476 e. The molecule has 1 aliphatic rings. The van der Waals surface area contributed by atoms with Crippen molar-refractivity contribution in [2.45, 2.75) is 24.5 Å². The van der Waals surface area contributed by atoms with E-state index >= 15 is 0 Å². The molecule has 0 bridgehead atoms. The summed E-state index contributed by atoms with van der Waals surface area (Å²) in [5.41, 5.74) is 3.80. The van der Waals surface area contributed by atoms with Gasteiger partial charge >= 0.3 is 5.97 Å². The molecule has 1 saturated heterocycles. The van der Waals surface area contributed by atoms with Gasteiger partial charge in [-0.2, -0.15) is 10.1 Å². The molecule has 2 aromatic rings. The van der Waals surface area contributed by atoms with E-state index < -0.39 is 48.4 Å². The Hall–Kier alpha value is -2.54. The van der Waals surface area contributed by atoms with Gasteiger partial charge in [0.25, 0.3) is 5.56 Å². The SMILES string of the molecule is Nc1nc2c(c(C(=O)O)nn2C2O[C@H](CO)[C@@H](O)[C@H]2O)c(=O)[nH]1. The van der Waals surface area contributed by atoms with Crippen LogP contribution < -0.4 is 11.3 Å². The maximum absolute atomic E-state index is 11.9. The van der Waals surface area contributed by atoms with Crippen molar-refractivity contribution in [3.63, 3.8) is 0 Å². The summed E-state index contributed by atoms with van der Waals surface area (Å²) in [5.74, 6) is -1.77. The number of fused-ring (bicyclic) bond motifs is 1. The molecule has 1 fully saturated rings. The van der Waals surface area contributed by atoms with Crippen molar-refractivity contribution in [2.75, 3.05) is 12.3 Å². The second-order valence-electron chi connectivity index (χ2n) is 4.98. The zero-order valence-corrected chi connectivity index (χ0v) is 11.4. The number of ether oxygens (including phenoxy) is 1. The van der Waals surface area contributed by atoms with E-state index in [2.05, 4.69) is 15.1 Å². The predicted molar refractivity (Wildman–Crippen MR) is 72.5 cm³/mol. The summed E-state index contributed by atoms with van der Waals surface area (Å²) in [5, 5.41) is 41.5. The van der Waals surface area contributed by atoms with Gasteiger partial charge in [-0.15, -0.1) is 0 Å². The van der Waals surface area contributed by atoms with E-state index in [0.717, 1.165) is 4.68 Å². The maximum Gasteiger partial charge on any atom is 0.357 e. The monoisotopic (exact) mass is 327 g/mol. The Morgan fingerprint density at radius 3 is 2.65 bits per heavy atom. The standard InChI is InChI=1S/C11H13N5O7/c12-11-13-7-3(8(20)14-11)4(10(21)22)15-16(7)9-6(19)5(18)2(1-17)23-9/h2,5-6,9,17-19H,1H2,(H,21,22)(H3,12,13,14,20)/t2-,5-,6-,9?/m1/s1. The van der Waals surface area contributed by atoms with Crippen molar-refractivity contribution >= 4 is 23.0 Å². The molecule has 3 heterocycles. The van der Waals surface area contributed by atoms with Gasteiger partial charge in [0.1, 0.15) is 23.7 Å². The molecule has 1 unspecified atom stereocenters. The fourth-order valence-corrected chi connectivity index (χ4v) is 2.47. The van der Waals surface area contributed by atoms with Crippen LogP contribution >= 0.6 is 0 Å². The second kappa shape index (κ2) is 5.27. The highest BCUT2D eigenvalue weighted by molar-refractivity contribution is 5.99. The lowest BCUT2D eigenvalue weighted by Gasteiger charge is -2.15. The Kier molecular flexibility index (Phi) is 3.52. The number of carbonyl (C=O) groups is 1. The van der Waals surface area contributed by atoms with Crippen LogP contribution in [-0.2, 0) is 4.74 Å². The van der Waals surface area contributed by atoms with Gasteiger partial charge in [-0.3, -0.25) is 9.78 Å². The van der Waals surface area contributed by atoms with Crippen molar-refractivity contribution in [2.24, 2.45) is 0 Å². The molecule has 0 amide bonds. The average molecular weight is 327 g/mol. The first-order valence-corrected chi connectivity index (χ1v) is 6.49. The fraction of sp³-hybridized carbons (Fsp3) is 0.455. The summed E-state index contributed by atoms with van der Waals surface area (Å²) in [6.07, 6.45) is -5.37. The Bertz CT molecular complexity index is 830. The first-order chi connectivity index (χ1) is 10.8. The van der Waals surface area contributed by atoms with Crippen LogP contribution in [0, 0.1) is 0 Å². The number of aromatic nitrogens is 4. The first-order valence-electron chi connectivity index (χ1n) is 6.49. The van der Waals surface area contributed by atoms with E-state index in [1.807, 2.05) is 0 Å². The van der Waals surface area contributed by atoms with Crippen molar-refractivity contribution in [3.05, 3.63) is 16.0 Å². The van der Waals surface area contributed by atoms with Crippen LogP contribution in [0.15, 0.2) is 4.79 Å². The molecular formula is C11H13N5O7. The normalized spacial score (nSPS) is 27.6. The zero-order valence-electron chi connectivity index (χ0n) is 11.4. The number of carboxylic acids is 1. The molecule has 1 aliphatic heterocycles. The van der Waals surface area contributed by atoms with Crippen molar-refractivity contribution in [3.8, 4) is 0 Å². The zero-order chi connectivity index (χ0) is 16.9. The number of hydrogen-bond donors (Lipinski definition) is 6. The van der Waals surface area contributed by atoms with E-state index in [1.54, 1.807) is 0 Å². The molecule has 0 saturated carbocycles. The number of H-pyrrole nitrogens is 1. The Morgan fingerprint density at radius 1 is 1.39 bits per heavy atom. The molecule has 0 aliphatic carbocycles. The number of carboxylic acid groups (broad SMARTS) is 1. The average Bonchev–Trinajstić information content (AvgIpc) is 2.99. The van der Waals surface area contributed by atoms with E-state index in [9.17, 15) is 19.8 Å². The fourth-order valence-electron chi connectivity index (χ4n) is 2.47. The molecule has 0 aromatic carbocycles. The Morgan fingerprint density at radius 2 is 2.09 bits per heavy atom. The lowest BCUT2D eigenvalue weighted by Crippen LogP contribution is -2.33. The molecule has 124 valence electrons. The minimum absolute atomic E-state index is 0.224. The van der Waals surface area contributed by atoms with Gasteiger partial charge in [0.2, 0.25) is 5.95 Å². The third-order valence-electron chi connectivity index (χ3n) is 3.54. The molecule has 3 rings (SSSR count). The molecule has 12 heteroatoms. The number of nitrogen functional groups attached to an aromatic ring is 1. The van der Waals surface area contributed by atoms with Gasteiger partial charge in [0, 0.05) is 0 Å². The lowest BCUT2D eigenvalue weighted by atomic mass is 10.1. The summed E-state index contributed by atoms with van der Waals surface area (Å²) in [6, 6.07) is 0. The molecule has 2 aromatic heterocycles. The topological polar surface area (TPSA) is 197 Å². The smallest absolute Gasteiger partial charge is 0.357 e. The van der Waals surface area contributed by atoms with Crippen LogP contribution in [0.3, 0.4) is 0 Å². The number of aromatic carboxylic acids is 1. The summed E-state index contributed by atoms with van der Waals surface area (Å²) in [7, 11) is 0. The number of aliphatic hydroxyl groups excluding tert-OH is 3. The number of aliphatic hydroxyl groups is 3. The highest BCUT2D eigenvalue weighted by atomic mass is 16.6. The number of anilines is 1. The summed E-state index contributed by atoms with van der Waals surface area (Å²) < 4.78 is 6.12. The van der Waals surface area contributed by atoms with Crippen molar-refractivity contribution < 1.29 is 30.0 Å². The third kappa shape index (κ3) is 2.24. The van der Waals surface area contributed by atoms with E-state index in [-0.39, 0.29) is 17.0 Å². The summed E-state index contributed by atoms with van der Waals surface area (Å²) in [6.45, 7) is -0.574. The number of nitrogens with one attached hydrogen (secondary N) is 1. The van der Waals surface area contributed by atoms with Crippen LogP contribution in [0.2, 0.25) is 0 Å². The van der Waals surface area contributed by atoms with Crippen LogP contribution in [0.4, 0.5) is 5.95 Å². The van der Waals surface area contributed by atoms with Gasteiger partial charge in [-0.25, -0.2) is 9.48 Å². The highest BCUT2D eigenvalue weighted by Gasteiger charge is 2.45. The minimum atomic E-state index is -1.51. The number of aromatic amines is 1. The highest BCUT2D eigenvalue weighted by Crippen LogP contribution is 2.31. The Balaban J connectivity index is 2.23. The van der Waals surface area contributed by atoms with Gasteiger partial charge in [0.05, 0.1) is 6.61 Å². The quantitative estimate of drug-likeness (QED) is 0.338. The molecule has 12 nitrogen and oxygen atoms in total. The predicted octanol–water partition coefficient (Wildman–Crippen LogP) is -2.99. The van der Waals surface area contributed by atoms with Crippen LogP contribution in [0.25, 0.3) is 11.0 Å². The minimum Gasteiger partial charge on any atom is -0.476 e. The molecule has 7 N–H and O–H groups in total. The Labute approximate surface area is 126 Å². The van der Waals surface area contributed by atoms with Crippen LogP contribution in [-0.4, -0.2) is 71.1 Å². The number of rotatable bonds is 3. The van der Waals surface area contributed by atoms with E-state index in [4.69, 9.17) is 20.7 Å². The first kappa shape index (κ1) is 15.4. The van der Waals surface area contributed by atoms with Gasteiger partial charge in [0.15, 0.2) is 17.6 Å². The third-order valence-corrected chi connectivity index (χ3v) is 3.54. The van der Waals surface area contributed by atoms with Crippen molar-refractivity contribution in [1.82, 2.24) is 19.7 Å². The molecule has 4 atom stereocenters. The molecule has 0 spiro atoms. The number of nitrogens with zero attached hydrogens (tertiary/aromatic N) is 3. The summed E-state index contributed by atoms with van der Waals surface area (Å²) in [4.78, 5) is 29.2. The van der Waals surface area contributed by atoms with Crippen LogP contribution in [0.5, 0.6) is 0 Å². The maximum atomic E-state index is 11.9. The number of hydrogen-bond acceptors (Lipinski definition) is 9. The van der Waals surface area contributed by atoms with Crippen molar-refractivity contribution in [1.29, 1.82) is 0 Å². The van der Waals surface area contributed by atoms with Gasteiger partial charge in [-0.05, 0) is 0 Å². The van der Waals surface area contributed by atoms with E-state index in [0.29, 0.717) is 0 Å². The molecule has 0 radical (unpaired) electrons.